The van der Waals surface area contributed by atoms with Crippen LogP contribution in [0.25, 0.3) is 22.0 Å². The zero-order chi connectivity index (χ0) is 19.0. The van der Waals surface area contributed by atoms with Gasteiger partial charge in [0.25, 0.3) is 0 Å². The van der Waals surface area contributed by atoms with Gasteiger partial charge >= 0.3 is 0 Å². The summed E-state index contributed by atoms with van der Waals surface area (Å²) in [6.45, 7) is 0. The van der Waals surface area contributed by atoms with E-state index in [0.717, 1.165) is 32.6 Å². The van der Waals surface area contributed by atoms with Crippen molar-refractivity contribution in [2.45, 2.75) is 4.90 Å². The van der Waals surface area contributed by atoms with Crippen molar-refractivity contribution in [3.8, 4) is 11.3 Å². The first-order valence-electron chi connectivity index (χ1n) is 8.40. The highest BCUT2D eigenvalue weighted by Gasteiger charge is 2.25. The summed E-state index contributed by atoms with van der Waals surface area (Å²) in [6.07, 6.45) is 0. The molecule has 1 heterocycles. The van der Waals surface area contributed by atoms with Crippen LogP contribution in [-0.4, -0.2) is 10.8 Å². The van der Waals surface area contributed by atoms with Crippen molar-refractivity contribution in [1.82, 2.24) is 4.98 Å². The molecule has 132 valence electrons. The number of aromatic amines is 1. The van der Waals surface area contributed by atoms with E-state index in [2.05, 4.69) is 17.6 Å². The summed E-state index contributed by atoms with van der Waals surface area (Å²) in [5.74, 6) is 0.0146. The van der Waals surface area contributed by atoms with Crippen LogP contribution in [0.5, 0.6) is 0 Å². The summed E-state index contributed by atoms with van der Waals surface area (Å²) in [7, 11) is 0. The average molecular weight is 372 g/mol. The molecule has 0 unspecified atom stereocenters. The quantitative estimate of drug-likeness (QED) is 0.280. The molecule has 0 atom stereocenters. The molecule has 3 N–H and O–H groups in total. The maximum Gasteiger partial charge on any atom is 0.249 e. The Morgan fingerprint density at radius 2 is 1.44 bits per heavy atom. The van der Waals surface area contributed by atoms with E-state index in [-0.39, 0.29) is 11.3 Å². The minimum atomic E-state index is -0.149. The zero-order valence-corrected chi connectivity index (χ0v) is 15.2. The largest absolute Gasteiger partial charge is 0.398 e. The summed E-state index contributed by atoms with van der Waals surface area (Å²) < 4.78 is 0. The number of benzene rings is 3. The van der Waals surface area contributed by atoms with Gasteiger partial charge in [-0.25, -0.2) is 0 Å². The van der Waals surface area contributed by atoms with E-state index in [1.54, 1.807) is 6.07 Å². The number of nitrogen functional groups attached to an aromatic ring is 1. The van der Waals surface area contributed by atoms with Gasteiger partial charge in [0.05, 0.1) is 5.69 Å². The summed E-state index contributed by atoms with van der Waals surface area (Å²) in [4.78, 5) is 27.9. The van der Waals surface area contributed by atoms with Gasteiger partial charge in [-0.3, -0.25) is 9.59 Å². The van der Waals surface area contributed by atoms with Gasteiger partial charge in [-0.15, -0.1) is 12.6 Å². The SMILES string of the molecule is Nc1ccccc1S.O=C1c2ccccc2-c2[nH]c(=O)cc3cccc1c23. The van der Waals surface area contributed by atoms with Crippen molar-refractivity contribution in [1.29, 1.82) is 0 Å². The van der Waals surface area contributed by atoms with Crippen molar-refractivity contribution in [3.63, 3.8) is 0 Å². The maximum atomic E-state index is 12.5. The van der Waals surface area contributed by atoms with Crippen LogP contribution in [0, 0.1) is 0 Å². The van der Waals surface area contributed by atoms with Crippen molar-refractivity contribution in [2.24, 2.45) is 0 Å². The Balaban J connectivity index is 0.000000190. The number of hydrogen-bond donors (Lipinski definition) is 3. The lowest BCUT2D eigenvalue weighted by atomic mass is 9.86. The van der Waals surface area contributed by atoms with Crippen LogP contribution in [-0.2, 0) is 0 Å². The van der Waals surface area contributed by atoms with E-state index in [4.69, 9.17) is 5.73 Å². The Labute approximate surface area is 161 Å². The van der Waals surface area contributed by atoms with E-state index in [1.807, 2.05) is 60.7 Å². The lowest BCUT2D eigenvalue weighted by Crippen LogP contribution is -2.14. The summed E-state index contributed by atoms with van der Waals surface area (Å²) >= 11 is 4.07. The molecule has 0 saturated carbocycles. The van der Waals surface area contributed by atoms with Crippen LogP contribution in [0.1, 0.15) is 15.9 Å². The number of anilines is 1. The van der Waals surface area contributed by atoms with E-state index < -0.39 is 0 Å². The second-order valence-corrected chi connectivity index (χ2v) is 6.69. The van der Waals surface area contributed by atoms with E-state index in [9.17, 15) is 9.59 Å². The van der Waals surface area contributed by atoms with Crippen molar-refractivity contribution in [3.05, 3.63) is 94.3 Å². The monoisotopic (exact) mass is 372 g/mol. The molecule has 5 rings (SSSR count). The molecule has 4 nitrogen and oxygen atoms in total. The van der Waals surface area contributed by atoms with Gasteiger partial charge < -0.3 is 10.7 Å². The maximum absolute atomic E-state index is 12.5. The molecule has 0 spiro atoms. The molecule has 3 aromatic carbocycles. The smallest absolute Gasteiger partial charge is 0.249 e. The van der Waals surface area contributed by atoms with Gasteiger partial charge in [-0.2, -0.15) is 0 Å². The molecule has 0 radical (unpaired) electrons. The van der Waals surface area contributed by atoms with Crippen molar-refractivity contribution < 1.29 is 4.79 Å². The van der Waals surface area contributed by atoms with Crippen LogP contribution in [0.2, 0.25) is 0 Å². The third kappa shape index (κ3) is 3.02. The number of aromatic nitrogens is 1. The van der Waals surface area contributed by atoms with Gasteiger partial charge in [-0.1, -0.05) is 54.6 Å². The predicted molar refractivity (Wildman–Crippen MR) is 112 cm³/mol. The van der Waals surface area contributed by atoms with Crippen LogP contribution in [0.4, 0.5) is 5.69 Å². The molecule has 0 amide bonds. The van der Waals surface area contributed by atoms with Gasteiger partial charge in [0.15, 0.2) is 5.78 Å². The van der Waals surface area contributed by atoms with Gasteiger partial charge in [0.2, 0.25) is 5.56 Å². The molecule has 4 aromatic rings. The number of ketones is 1. The average Bonchev–Trinajstić information content (AvgIpc) is 2.68. The summed E-state index contributed by atoms with van der Waals surface area (Å²) in [5, 5.41) is 1.64. The van der Waals surface area contributed by atoms with Crippen LogP contribution in [0.15, 0.2) is 82.5 Å². The first-order chi connectivity index (χ1) is 13.1. The molecular formula is C22H16N2O2S. The predicted octanol–water partition coefficient (Wildman–Crippen LogP) is 4.30. The fourth-order valence-corrected chi connectivity index (χ4v) is 3.42. The molecule has 1 aromatic heterocycles. The number of hydrogen-bond acceptors (Lipinski definition) is 4. The topological polar surface area (TPSA) is 76.0 Å². The number of nitrogens with one attached hydrogen (secondary N) is 1. The molecule has 0 saturated heterocycles. The van der Waals surface area contributed by atoms with Gasteiger partial charge in [-0.05, 0) is 17.5 Å². The molecular weight excluding hydrogens is 356 g/mol. The Morgan fingerprint density at radius 1 is 0.778 bits per heavy atom. The number of para-hydroxylation sites is 1. The molecule has 0 fully saturated rings. The van der Waals surface area contributed by atoms with E-state index in [1.165, 1.54) is 6.07 Å². The highest BCUT2D eigenvalue weighted by molar-refractivity contribution is 7.80. The normalized spacial score (nSPS) is 11.5. The number of nitrogens with two attached hydrogens (primary N) is 1. The standard InChI is InChI=1S/C16H9NO2.C6H7NS/c18-13-8-9-4-3-7-12-14(9)15(17-13)10-5-1-2-6-11(10)16(12)19;7-5-3-1-2-4-6(5)8/h1-8H,(H,17,18);1-4,8H,7H2. The minimum absolute atomic E-state index is 0.0146. The number of fused-ring (bicyclic) bond motifs is 2. The second kappa shape index (κ2) is 6.78. The lowest BCUT2D eigenvalue weighted by molar-refractivity contribution is 0.104. The lowest BCUT2D eigenvalue weighted by Gasteiger charge is -2.18. The third-order valence-corrected chi connectivity index (χ3v) is 4.91. The van der Waals surface area contributed by atoms with E-state index in [0.29, 0.717) is 11.1 Å². The van der Waals surface area contributed by atoms with Crippen LogP contribution in [0.3, 0.4) is 0 Å². The molecule has 27 heavy (non-hydrogen) atoms. The molecule has 0 aliphatic heterocycles. The molecule has 5 heteroatoms. The van der Waals surface area contributed by atoms with Gasteiger partial charge in [0, 0.05) is 38.7 Å². The molecule has 0 bridgehead atoms. The number of carbonyl (C=O) groups is 1. The fraction of sp³-hybridized carbons (Fsp3) is 0. The fourth-order valence-electron chi connectivity index (χ4n) is 3.26. The first-order valence-corrected chi connectivity index (χ1v) is 8.84. The zero-order valence-electron chi connectivity index (χ0n) is 14.3. The highest BCUT2D eigenvalue weighted by Crippen LogP contribution is 2.36. The van der Waals surface area contributed by atoms with E-state index >= 15 is 0 Å². The summed E-state index contributed by atoms with van der Waals surface area (Å²) in [6, 6.07) is 21.9. The van der Waals surface area contributed by atoms with Crippen molar-refractivity contribution >= 4 is 34.9 Å². The highest BCUT2D eigenvalue weighted by atomic mass is 32.1. The molecule has 1 aliphatic rings. The Kier molecular flexibility index (Phi) is 4.30. The number of thiol groups is 1. The van der Waals surface area contributed by atoms with Crippen molar-refractivity contribution in [2.75, 3.05) is 5.73 Å². The van der Waals surface area contributed by atoms with Crippen LogP contribution >= 0.6 is 12.6 Å². The number of H-pyrrole nitrogens is 1. The van der Waals surface area contributed by atoms with Gasteiger partial charge in [0.1, 0.15) is 0 Å². The molecule has 1 aliphatic carbocycles. The Bertz CT molecular complexity index is 1220. The number of pyridine rings is 1. The van der Waals surface area contributed by atoms with Crippen LogP contribution < -0.4 is 11.3 Å². The first kappa shape index (κ1) is 17.1. The Hall–Kier alpha value is -3.31. The summed E-state index contributed by atoms with van der Waals surface area (Å²) in [5.41, 5.74) is 8.87. The number of carbonyl (C=O) groups excluding carboxylic acids is 1. The third-order valence-electron chi connectivity index (χ3n) is 4.50. The number of rotatable bonds is 0. The second-order valence-electron chi connectivity index (χ2n) is 6.21. The Morgan fingerprint density at radius 3 is 2.15 bits per heavy atom. The minimum Gasteiger partial charge on any atom is -0.398 e.